The number of nitrogen functional groups attached to an aromatic ring is 1. The smallest absolute Gasteiger partial charge is 0.225 e. The molecule has 4 nitrogen and oxygen atoms in total. The van der Waals surface area contributed by atoms with Gasteiger partial charge in [0.05, 0.1) is 10.8 Å². The fourth-order valence-corrected chi connectivity index (χ4v) is 2.78. The molecule has 0 saturated carbocycles. The Labute approximate surface area is 124 Å². The van der Waals surface area contributed by atoms with Crippen LogP contribution in [0.5, 0.6) is 0 Å². The Balaban J connectivity index is 1.86. The van der Waals surface area contributed by atoms with Crippen molar-refractivity contribution in [2.75, 3.05) is 16.8 Å². The first kappa shape index (κ1) is 15.2. The molecule has 0 spiro atoms. The van der Waals surface area contributed by atoms with E-state index in [4.69, 9.17) is 5.73 Å². The molecule has 0 fully saturated rings. The summed E-state index contributed by atoms with van der Waals surface area (Å²) in [4.78, 5) is 12.1. The second-order valence-corrected chi connectivity index (χ2v) is 6.00. The van der Waals surface area contributed by atoms with Crippen molar-refractivity contribution in [3.63, 3.8) is 0 Å². The predicted molar refractivity (Wildman–Crippen MR) is 81.8 cm³/mol. The van der Waals surface area contributed by atoms with E-state index in [1.54, 1.807) is 30.3 Å². The van der Waals surface area contributed by atoms with E-state index in [-0.39, 0.29) is 18.1 Å². The minimum absolute atomic E-state index is 0.0908. The summed E-state index contributed by atoms with van der Waals surface area (Å²) in [5, 5.41) is 2.68. The molecule has 2 aromatic rings. The number of carbonyl (C=O) groups excluding carboxylic acids is 1. The van der Waals surface area contributed by atoms with Crippen molar-refractivity contribution >= 4 is 28.1 Å². The van der Waals surface area contributed by atoms with E-state index < -0.39 is 16.6 Å². The molecule has 0 bridgehead atoms. The zero-order valence-corrected chi connectivity index (χ0v) is 12.0. The molecule has 0 aromatic heterocycles. The van der Waals surface area contributed by atoms with Gasteiger partial charge in [0.1, 0.15) is 5.82 Å². The van der Waals surface area contributed by atoms with Gasteiger partial charge in [-0.25, -0.2) is 4.39 Å². The van der Waals surface area contributed by atoms with E-state index in [0.29, 0.717) is 16.3 Å². The van der Waals surface area contributed by atoms with Crippen LogP contribution in [0, 0.1) is 5.82 Å². The molecular formula is C15H15FN2O2S. The highest BCUT2D eigenvalue weighted by atomic mass is 32.2. The standard InChI is InChI=1S/C15H15FN2O2S/c16-11-2-1-3-14(10-11)21(20)9-8-15(19)18-13-6-4-12(17)5-7-13/h1-7,10H,8-9,17H2,(H,18,19). The van der Waals surface area contributed by atoms with Crippen LogP contribution in [0.15, 0.2) is 53.4 Å². The van der Waals surface area contributed by atoms with Gasteiger partial charge in [-0.3, -0.25) is 9.00 Å². The van der Waals surface area contributed by atoms with Crippen molar-refractivity contribution in [3.05, 3.63) is 54.3 Å². The lowest BCUT2D eigenvalue weighted by Gasteiger charge is -2.06. The van der Waals surface area contributed by atoms with Crippen LogP contribution in [-0.2, 0) is 15.6 Å². The van der Waals surface area contributed by atoms with E-state index in [0.717, 1.165) is 0 Å². The maximum Gasteiger partial charge on any atom is 0.225 e. The molecule has 0 radical (unpaired) electrons. The van der Waals surface area contributed by atoms with Crippen molar-refractivity contribution in [2.45, 2.75) is 11.3 Å². The molecule has 0 aliphatic rings. The van der Waals surface area contributed by atoms with Gasteiger partial charge < -0.3 is 11.1 Å². The van der Waals surface area contributed by atoms with Gasteiger partial charge in [0.25, 0.3) is 0 Å². The number of nitrogens with two attached hydrogens (primary N) is 1. The van der Waals surface area contributed by atoms with Gasteiger partial charge in [-0.2, -0.15) is 0 Å². The van der Waals surface area contributed by atoms with Crippen LogP contribution in [-0.4, -0.2) is 15.9 Å². The fourth-order valence-electron chi connectivity index (χ4n) is 1.70. The number of rotatable bonds is 5. The summed E-state index contributed by atoms with van der Waals surface area (Å²) in [6.07, 6.45) is 0.0908. The molecule has 1 amide bonds. The Hall–Kier alpha value is -2.21. The summed E-state index contributed by atoms with van der Waals surface area (Å²) in [7, 11) is -1.40. The average Bonchev–Trinajstić information content (AvgIpc) is 2.47. The van der Waals surface area contributed by atoms with E-state index >= 15 is 0 Å². The lowest BCUT2D eigenvalue weighted by atomic mass is 10.3. The van der Waals surface area contributed by atoms with Gasteiger partial charge >= 0.3 is 0 Å². The van der Waals surface area contributed by atoms with Crippen LogP contribution in [0.25, 0.3) is 0 Å². The molecule has 2 aromatic carbocycles. The highest BCUT2D eigenvalue weighted by molar-refractivity contribution is 7.85. The van der Waals surface area contributed by atoms with E-state index in [1.807, 2.05) is 0 Å². The number of anilines is 2. The summed E-state index contributed by atoms with van der Waals surface area (Å²) < 4.78 is 25.0. The van der Waals surface area contributed by atoms with Gasteiger partial charge in [0.15, 0.2) is 0 Å². The van der Waals surface area contributed by atoms with Crippen molar-refractivity contribution in [1.29, 1.82) is 0 Å². The Kier molecular flexibility index (Phi) is 5.05. The Morgan fingerprint density at radius 1 is 1.19 bits per heavy atom. The highest BCUT2D eigenvalue weighted by Crippen LogP contribution is 2.12. The number of benzene rings is 2. The van der Waals surface area contributed by atoms with E-state index in [1.165, 1.54) is 18.2 Å². The molecule has 110 valence electrons. The van der Waals surface area contributed by atoms with Crippen LogP contribution in [0.3, 0.4) is 0 Å². The Bertz CT molecular complexity index is 659. The van der Waals surface area contributed by atoms with Crippen LogP contribution >= 0.6 is 0 Å². The SMILES string of the molecule is Nc1ccc(NC(=O)CCS(=O)c2cccc(F)c2)cc1. The topological polar surface area (TPSA) is 72.2 Å². The van der Waals surface area contributed by atoms with E-state index in [9.17, 15) is 13.4 Å². The molecule has 0 heterocycles. The summed E-state index contributed by atoms with van der Waals surface area (Å²) in [6.45, 7) is 0. The zero-order valence-electron chi connectivity index (χ0n) is 11.2. The first-order valence-corrected chi connectivity index (χ1v) is 7.66. The number of nitrogens with one attached hydrogen (secondary N) is 1. The first-order chi connectivity index (χ1) is 10.0. The maximum atomic E-state index is 13.0. The maximum absolute atomic E-state index is 13.0. The third kappa shape index (κ3) is 4.68. The summed E-state index contributed by atoms with van der Waals surface area (Å²) in [5.74, 6) is -0.540. The molecule has 21 heavy (non-hydrogen) atoms. The largest absolute Gasteiger partial charge is 0.399 e. The third-order valence-corrected chi connectivity index (χ3v) is 4.12. The second-order valence-electron chi connectivity index (χ2n) is 4.43. The second kappa shape index (κ2) is 6.99. The number of amides is 1. The molecular weight excluding hydrogens is 291 g/mol. The quantitative estimate of drug-likeness (QED) is 0.834. The average molecular weight is 306 g/mol. The first-order valence-electron chi connectivity index (χ1n) is 6.34. The van der Waals surface area contributed by atoms with Crippen LogP contribution in [0.2, 0.25) is 0 Å². The number of carbonyl (C=O) groups is 1. The Morgan fingerprint density at radius 3 is 2.57 bits per heavy atom. The zero-order chi connectivity index (χ0) is 15.2. The molecule has 3 N–H and O–H groups in total. The van der Waals surface area contributed by atoms with Gasteiger partial charge in [-0.05, 0) is 42.5 Å². The van der Waals surface area contributed by atoms with Crippen molar-refractivity contribution in [1.82, 2.24) is 0 Å². The number of halogens is 1. The molecule has 6 heteroatoms. The molecule has 0 aliphatic carbocycles. The Morgan fingerprint density at radius 2 is 1.90 bits per heavy atom. The van der Waals surface area contributed by atoms with Crippen LogP contribution in [0.1, 0.15) is 6.42 Å². The van der Waals surface area contributed by atoms with Crippen LogP contribution in [0.4, 0.5) is 15.8 Å². The molecule has 2 rings (SSSR count). The molecule has 1 unspecified atom stereocenters. The van der Waals surface area contributed by atoms with Crippen molar-refractivity contribution in [2.24, 2.45) is 0 Å². The highest BCUT2D eigenvalue weighted by Gasteiger charge is 2.09. The summed E-state index contributed by atoms with van der Waals surface area (Å²) in [6, 6.07) is 12.3. The number of hydrogen-bond acceptors (Lipinski definition) is 3. The van der Waals surface area contributed by atoms with E-state index in [2.05, 4.69) is 5.32 Å². The number of hydrogen-bond donors (Lipinski definition) is 2. The molecule has 1 atom stereocenters. The van der Waals surface area contributed by atoms with Gasteiger partial charge in [0.2, 0.25) is 5.91 Å². The lowest BCUT2D eigenvalue weighted by Crippen LogP contribution is -2.15. The minimum Gasteiger partial charge on any atom is -0.399 e. The summed E-state index contributed by atoms with van der Waals surface area (Å²) in [5.41, 5.74) is 6.79. The minimum atomic E-state index is -1.40. The van der Waals surface area contributed by atoms with Gasteiger partial charge in [0, 0.05) is 28.4 Å². The molecule has 0 aliphatic heterocycles. The lowest BCUT2D eigenvalue weighted by molar-refractivity contribution is -0.115. The predicted octanol–water partition coefficient (Wildman–Crippen LogP) is 2.54. The monoisotopic (exact) mass is 306 g/mol. The van der Waals surface area contributed by atoms with Gasteiger partial charge in [-0.15, -0.1) is 0 Å². The van der Waals surface area contributed by atoms with Gasteiger partial charge in [-0.1, -0.05) is 6.07 Å². The summed E-state index contributed by atoms with van der Waals surface area (Å²) >= 11 is 0. The molecule has 0 saturated heterocycles. The van der Waals surface area contributed by atoms with Crippen molar-refractivity contribution in [3.8, 4) is 0 Å². The van der Waals surface area contributed by atoms with Crippen molar-refractivity contribution < 1.29 is 13.4 Å². The normalized spacial score (nSPS) is 11.9. The van der Waals surface area contributed by atoms with Crippen LogP contribution < -0.4 is 11.1 Å². The fraction of sp³-hybridized carbons (Fsp3) is 0.133. The third-order valence-electron chi connectivity index (χ3n) is 2.77.